The minimum atomic E-state index is 0.424. The van der Waals surface area contributed by atoms with Crippen molar-refractivity contribution in [2.45, 2.75) is 27.7 Å². The molecule has 0 spiro atoms. The first-order chi connectivity index (χ1) is 5.22. The molecule has 0 atom stereocenters. The third-order valence-corrected chi connectivity index (χ3v) is 4.74. The molecule has 0 unspecified atom stereocenters. The molecule has 0 saturated carbocycles. The summed E-state index contributed by atoms with van der Waals surface area (Å²) in [6.07, 6.45) is 5.53. The van der Waals surface area contributed by atoms with Gasteiger partial charge in [0.2, 0.25) is 0 Å². The standard InChI is InChI=1S/C5H13P.C4H11P/c1-4-6(3)5-2;1-3-5-4-2/h4-5H2,1-3H3;5H,3-4H2,1-2H3. The monoisotopic (exact) mass is 194 g/mol. The second kappa shape index (κ2) is 13.4. The van der Waals surface area contributed by atoms with Gasteiger partial charge < -0.3 is 0 Å². The van der Waals surface area contributed by atoms with Gasteiger partial charge in [0.25, 0.3) is 0 Å². The Labute approximate surface area is 76.1 Å². The molecular formula is C9H24P2. The molecule has 0 rings (SSSR count). The summed E-state index contributed by atoms with van der Waals surface area (Å²) >= 11 is 0. The van der Waals surface area contributed by atoms with Gasteiger partial charge >= 0.3 is 0 Å². The van der Waals surface area contributed by atoms with Crippen molar-refractivity contribution >= 4 is 16.5 Å². The van der Waals surface area contributed by atoms with E-state index in [-0.39, 0.29) is 0 Å². The van der Waals surface area contributed by atoms with Gasteiger partial charge in [-0.2, -0.15) is 0 Å². The fourth-order valence-corrected chi connectivity index (χ4v) is 1.42. The first-order valence-electron chi connectivity index (χ1n) is 4.62. The smallest absolute Gasteiger partial charge is 0.0357 e. The lowest BCUT2D eigenvalue weighted by atomic mass is 11.0. The summed E-state index contributed by atoms with van der Waals surface area (Å²) in [5.41, 5.74) is 0. The van der Waals surface area contributed by atoms with E-state index < -0.39 is 0 Å². The average Bonchev–Trinajstić information content (AvgIpc) is 2.06. The van der Waals surface area contributed by atoms with Gasteiger partial charge in [0, 0.05) is 0 Å². The van der Waals surface area contributed by atoms with Crippen LogP contribution in [0.15, 0.2) is 0 Å². The zero-order valence-electron chi connectivity index (χ0n) is 8.78. The van der Waals surface area contributed by atoms with Crippen LogP contribution in [0.3, 0.4) is 0 Å². The van der Waals surface area contributed by atoms with Crippen LogP contribution in [0.2, 0.25) is 0 Å². The Morgan fingerprint density at radius 2 is 1.27 bits per heavy atom. The Kier molecular flexibility index (Phi) is 17.6. The van der Waals surface area contributed by atoms with Crippen molar-refractivity contribution in [1.29, 1.82) is 0 Å². The minimum Gasteiger partial charge on any atom is -0.123 e. The Morgan fingerprint density at radius 1 is 0.909 bits per heavy atom. The Bertz CT molecular complexity index is 49.5. The van der Waals surface area contributed by atoms with Crippen molar-refractivity contribution in [1.82, 2.24) is 0 Å². The van der Waals surface area contributed by atoms with Gasteiger partial charge in [0.15, 0.2) is 0 Å². The molecule has 0 nitrogen and oxygen atoms in total. The second-order valence-electron chi connectivity index (χ2n) is 2.45. The summed E-state index contributed by atoms with van der Waals surface area (Å²) in [4.78, 5) is 0. The molecule has 0 heterocycles. The summed E-state index contributed by atoms with van der Waals surface area (Å²) in [6, 6.07) is 0. The van der Waals surface area contributed by atoms with Crippen molar-refractivity contribution in [3.8, 4) is 0 Å². The Hall–Kier alpha value is 0.860. The molecule has 0 aromatic carbocycles. The van der Waals surface area contributed by atoms with Gasteiger partial charge in [-0.3, -0.25) is 0 Å². The van der Waals surface area contributed by atoms with E-state index in [9.17, 15) is 0 Å². The minimum absolute atomic E-state index is 0.424. The molecule has 0 aliphatic rings. The van der Waals surface area contributed by atoms with E-state index in [4.69, 9.17) is 0 Å². The van der Waals surface area contributed by atoms with Crippen LogP contribution in [0.4, 0.5) is 0 Å². The number of rotatable bonds is 4. The predicted octanol–water partition coefficient (Wildman–Crippen LogP) is 3.84. The molecule has 0 fully saturated rings. The van der Waals surface area contributed by atoms with Gasteiger partial charge in [-0.05, 0) is 31.3 Å². The second-order valence-corrected chi connectivity index (χ2v) is 7.34. The van der Waals surface area contributed by atoms with Crippen LogP contribution in [-0.4, -0.2) is 31.3 Å². The summed E-state index contributed by atoms with van der Waals surface area (Å²) in [5.74, 6) is 0. The van der Waals surface area contributed by atoms with E-state index in [1.54, 1.807) is 0 Å². The molecule has 0 amide bonds. The van der Waals surface area contributed by atoms with Crippen molar-refractivity contribution in [3.05, 3.63) is 0 Å². The molecule has 0 aliphatic heterocycles. The first kappa shape index (κ1) is 14.4. The quantitative estimate of drug-likeness (QED) is 0.596. The highest BCUT2D eigenvalue weighted by Gasteiger charge is 1.87. The molecule has 0 bridgehead atoms. The van der Waals surface area contributed by atoms with E-state index in [0.29, 0.717) is 7.92 Å². The van der Waals surface area contributed by atoms with Crippen molar-refractivity contribution in [2.75, 3.05) is 31.3 Å². The van der Waals surface area contributed by atoms with Crippen molar-refractivity contribution in [3.63, 3.8) is 0 Å². The van der Waals surface area contributed by atoms with Gasteiger partial charge in [0.1, 0.15) is 0 Å². The zero-order chi connectivity index (χ0) is 9.11. The third-order valence-electron chi connectivity index (χ3n) is 1.58. The molecule has 70 valence electrons. The maximum Gasteiger partial charge on any atom is -0.0357 e. The Balaban J connectivity index is 0. The molecule has 11 heavy (non-hydrogen) atoms. The van der Waals surface area contributed by atoms with Crippen molar-refractivity contribution in [2.24, 2.45) is 0 Å². The molecule has 0 aliphatic carbocycles. The maximum atomic E-state index is 2.34. The SMILES string of the molecule is CCP(C)CC.CCPCC. The van der Waals surface area contributed by atoms with Crippen LogP contribution in [0.25, 0.3) is 0 Å². The summed E-state index contributed by atoms with van der Waals surface area (Å²) in [7, 11) is 1.62. The van der Waals surface area contributed by atoms with Gasteiger partial charge in [-0.1, -0.05) is 27.7 Å². The summed E-state index contributed by atoms with van der Waals surface area (Å²) in [5, 5.41) is 0. The van der Waals surface area contributed by atoms with Crippen LogP contribution in [0.1, 0.15) is 27.7 Å². The normalized spacial score (nSPS) is 9.27. The van der Waals surface area contributed by atoms with Gasteiger partial charge in [0.05, 0.1) is 0 Å². The largest absolute Gasteiger partial charge is 0.123 e. The van der Waals surface area contributed by atoms with Crippen LogP contribution in [0.5, 0.6) is 0 Å². The van der Waals surface area contributed by atoms with E-state index in [2.05, 4.69) is 34.4 Å². The first-order valence-corrected chi connectivity index (χ1v) is 8.19. The van der Waals surface area contributed by atoms with Crippen LogP contribution in [-0.2, 0) is 0 Å². The van der Waals surface area contributed by atoms with Gasteiger partial charge in [-0.25, -0.2) is 0 Å². The fourth-order valence-electron chi connectivity index (χ4n) is 0.474. The van der Waals surface area contributed by atoms with Crippen LogP contribution in [0, 0.1) is 0 Å². The average molecular weight is 194 g/mol. The zero-order valence-corrected chi connectivity index (χ0v) is 10.7. The van der Waals surface area contributed by atoms with E-state index in [0.717, 1.165) is 0 Å². The highest BCUT2D eigenvalue weighted by atomic mass is 31.1. The maximum absolute atomic E-state index is 2.34. The number of hydrogen-bond acceptors (Lipinski definition) is 0. The highest BCUT2D eigenvalue weighted by Crippen LogP contribution is 2.27. The topological polar surface area (TPSA) is 0 Å². The highest BCUT2D eigenvalue weighted by molar-refractivity contribution is 7.56. The van der Waals surface area contributed by atoms with Crippen LogP contribution >= 0.6 is 16.5 Å². The van der Waals surface area contributed by atoms with E-state index in [1.165, 1.54) is 33.2 Å². The van der Waals surface area contributed by atoms with Crippen LogP contribution < -0.4 is 0 Å². The van der Waals surface area contributed by atoms with E-state index in [1.807, 2.05) is 0 Å². The molecule has 0 saturated heterocycles. The molecular weight excluding hydrogens is 170 g/mol. The van der Waals surface area contributed by atoms with Crippen molar-refractivity contribution < 1.29 is 0 Å². The lowest BCUT2D eigenvalue weighted by Crippen LogP contribution is -1.75. The Morgan fingerprint density at radius 3 is 1.27 bits per heavy atom. The molecule has 0 aromatic heterocycles. The van der Waals surface area contributed by atoms with E-state index >= 15 is 0 Å². The molecule has 0 aromatic rings. The molecule has 0 radical (unpaired) electrons. The predicted molar refractivity (Wildman–Crippen MR) is 63.3 cm³/mol. The summed E-state index contributed by atoms with van der Waals surface area (Å²) in [6.45, 7) is 11.3. The number of hydrogen-bond donors (Lipinski definition) is 0. The van der Waals surface area contributed by atoms with Gasteiger partial charge in [-0.15, -0.1) is 16.5 Å². The fraction of sp³-hybridized carbons (Fsp3) is 1.00. The lowest BCUT2D eigenvalue weighted by Gasteiger charge is -2.00. The third kappa shape index (κ3) is 18.1. The summed E-state index contributed by atoms with van der Waals surface area (Å²) < 4.78 is 0. The lowest BCUT2D eigenvalue weighted by molar-refractivity contribution is 1.41. The molecule has 0 N–H and O–H groups in total. The molecule has 2 heteroatoms.